The molecule has 0 radical (unpaired) electrons. The number of rotatable bonds is 9. The van der Waals surface area contributed by atoms with Crippen LogP contribution in [-0.2, 0) is 0 Å². The summed E-state index contributed by atoms with van der Waals surface area (Å²) in [5, 5.41) is 12.3. The van der Waals surface area contributed by atoms with Crippen molar-refractivity contribution in [1.29, 1.82) is 0 Å². The van der Waals surface area contributed by atoms with Gasteiger partial charge in [-0.05, 0) is 242 Å². The molecule has 1 fully saturated rings. The summed E-state index contributed by atoms with van der Waals surface area (Å²) in [5.74, 6) is 0.730. The standard InChI is InChI=1S/C90H57NOS/c1-53-85-69(31-17-33-71(85)78-47-58-24-14-16-30-67(58)89-79-51-64(39-42-68(79)75-52-80(75)90(78)89)91(62-25-7-3-8-26-62)63-27-9-4-10-28-63)70-32-18-34-73(86(53)70)87(55-20-5-2-6-21-55)61-36-40-65(59-38-44-83-76(46-59)77-45-56-22-11-12-23-57(56)50-84(77)93-83)74(48-61)60-35-41-72-82(49-60)92-81-43-37-54-19-13-15-29-66(54)88(72)81/h2-51,75,80,87H,1,52H2. The number of hydrogen-bond donors (Lipinski definition) is 0. The van der Waals surface area contributed by atoms with Crippen molar-refractivity contribution in [3.05, 3.63) is 349 Å². The third-order valence-electron chi connectivity index (χ3n) is 20.7. The van der Waals surface area contributed by atoms with E-state index in [1.165, 1.54) is 136 Å². The van der Waals surface area contributed by atoms with Gasteiger partial charge in [-0.3, -0.25) is 0 Å². The molecule has 434 valence electrons. The molecule has 0 bridgehead atoms. The van der Waals surface area contributed by atoms with Gasteiger partial charge in [0.2, 0.25) is 0 Å². The Morgan fingerprint density at radius 1 is 0.355 bits per heavy atom. The summed E-state index contributed by atoms with van der Waals surface area (Å²) in [6.07, 6.45) is 1.13. The van der Waals surface area contributed by atoms with Gasteiger partial charge in [0.1, 0.15) is 11.2 Å². The molecular weight excluding hydrogens is 1140 g/mol. The smallest absolute Gasteiger partial charge is 0.136 e. The largest absolute Gasteiger partial charge is 0.456 e. The fourth-order valence-electron chi connectivity index (χ4n) is 16.5. The lowest BCUT2D eigenvalue weighted by Gasteiger charge is -2.29. The molecule has 0 aliphatic heterocycles. The number of fused-ring (bicyclic) bond motifs is 20. The minimum atomic E-state index is -0.140. The number of hydrogen-bond acceptors (Lipinski definition) is 3. The molecule has 3 aliphatic rings. The first kappa shape index (κ1) is 52.4. The summed E-state index contributed by atoms with van der Waals surface area (Å²) in [4.78, 5) is 2.40. The van der Waals surface area contributed by atoms with E-state index in [0.29, 0.717) is 11.8 Å². The molecule has 0 saturated heterocycles. The van der Waals surface area contributed by atoms with Gasteiger partial charge in [-0.25, -0.2) is 0 Å². The molecular formula is C90H57NOS. The molecule has 2 nitrogen and oxygen atoms in total. The lowest BCUT2D eigenvalue weighted by molar-refractivity contribution is 0.669. The topological polar surface area (TPSA) is 16.4 Å². The first-order valence-corrected chi connectivity index (χ1v) is 33.3. The molecule has 20 rings (SSSR count). The van der Waals surface area contributed by atoms with Crippen LogP contribution in [0.4, 0.5) is 17.1 Å². The average molecular weight is 1200 g/mol. The van der Waals surface area contributed by atoms with Crippen LogP contribution in [0.5, 0.6) is 0 Å². The molecule has 3 unspecified atom stereocenters. The number of thiophene rings is 1. The van der Waals surface area contributed by atoms with Crippen molar-refractivity contribution in [1.82, 2.24) is 0 Å². The Balaban J connectivity index is 0.756. The third-order valence-corrected chi connectivity index (χ3v) is 21.9. The molecule has 2 aromatic heterocycles. The van der Waals surface area contributed by atoms with Crippen LogP contribution in [0.25, 0.3) is 136 Å². The maximum Gasteiger partial charge on any atom is 0.136 e. The maximum atomic E-state index is 6.86. The van der Waals surface area contributed by atoms with Crippen molar-refractivity contribution >= 4 is 108 Å². The maximum absolute atomic E-state index is 6.86. The van der Waals surface area contributed by atoms with E-state index in [-0.39, 0.29) is 5.92 Å². The van der Waals surface area contributed by atoms with Gasteiger partial charge in [-0.2, -0.15) is 0 Å². The Bertz CT molecular complexity index is 5970. The molecule has 17 aromatic rings. The van der Waals surface area contributed by atoms with Crippen molar-refractivity contribution < 1.29 is 4.42 Å². The normalized spacial score (nSPS) is 14.8. The predicted octanol–water partition coefficient (Wildman–Crippen LogP) is 25.4. The number of benzene rings is 15. The number of furan rings is 1. The number of nitrogens with zero attached hydrogens (tertiary/aromatic N) is 1. The second-order valence-electron chi connectivity index (χ2n) is 25.8. The molecule has 1 saturated carbocycles. The number of para-hydroxylation sites is 2. The van der Waals surface area contributed by atoms with E-state index in [1.807, 2.05) is 11.3 Å². The zero-order chi connectivity index (χ0) is 61.0. The zero-order valence-corrected chi connectivity index (χ0v) is 51.6. The molecule has 0 N–H and O–H groups in total. The Morgan fingerprint density at radius 3 is 1.81 bits per heavy atom. The van der Waals surface area contributed by atoms with E-state index in [0.717, 1.165) is 62.1 Å². The lowest BCUT2D eigenvalue weighted by Crippen LogP contribution is -2.11. The Morgan fingerprint density at radius 2 is 1.01 bits per heavy atom. The summed E-state index contributed by atoms with van der Waals surface area (Å²) >= 11 is 1.88. The Kier molecular flexibility index (Phi) is 11.5. The van der Waals surface area contributed by atoms with Crippen molar-refractivity contribution in [2.75, 3.05) is 4.90 Å². The highest BCUT2D eigenvalue weighted by molar-refractivity contribution is 7.25. The van der Waals surface area contributed by atoms with Gasteiger partial charge in [0.25, 0.3) is 0 Å². The minimum Gasteiger partial charge on any atom is -0.456 e. The van der Waals surface area contributed by atoms with Crippen LogP contribution in [0.3, 0.4) is 0 Å². The van der Waals surface area contributed by atoms with E-state index >= 15 is 0 Å². The predicted molar refractivity (Wildman–Crippen MR) is 393 cm³/mol. The second-order valence-corrected chi connectivity index (χ2v) is 26.9. The summed E-state index contributed by atoms with van der Waals surface area (Å²) < 4.78 is 9.45. The molecule has 2 heterocycles. The number of anilines is 3. The summed E-state index contributed by atoms with van der Waals surface area (Å²) in [7, 11) is 0. The van der Waals surface area contributed by atoms with E-state index in [4.69, 9.17) is 11.0 Å². The average Bonchev–Trinajstić information content (AvgIpc) is 1.58. The summed E-state index contributed by atoms with van der Waals surface area (Å²) in [6, 6.07) is 113. The molecule has 15 aromatic carbocycles. The van der Waals surface area contributed by atoms with Crippen LogP contribution in [0, 0.1) is 0 Å². The Hall–Kier alpha value is -11.4. The first-order chi connectivity index (χ1) is 46.0. The van der Waals surface area contributed by atoms with Crippen LogP contribution >= 0.6 is 11.3 Å². The molecule has 3 heteroatoms. The highest BCUT2D eigenvalue weighted by Crippen LogP contribution is 2.66. The summed E-state index contributed by atoms with van der Waals surface area (Å²) in [6.45, 7) is 5.21. The van der Waals surface area contributed by atoms with Gasteiger partial charge in [-0.1, -0.05) is 219 Å². The van der Waals surface area contributed by atoms with Crippen molar-refractivity contribution in [2.45, 2.75) is 24.2 Å². The fraction of sp³-hybridized carbons (Fsp3) is 0.0444. The van der Waals surface area contributed by atoms with Gasteiger partial charge in [0.15, 0.2) is 0 Å². The van der Waals surface area contributed by atoms with Crippen LogP contribution < -0.4 is 4.90 Å². The fourth-order valence-corrected chi connectivity index (χ4v) is 17.7. The van der Waals surface area contributed by atoms with Crippen molar-refractivity contribution in [3.8, 4) is 55.6 Å². The van der Waals surface area contributed by atoms with E-state index in [9.17, 15) is 0 Å². The van der Waals surface area contributed by atoms with E-state index in [1.54, 1.807) is 0 Å². The third kappa shape index (κ3) is 8.07. The summed E-state index contributed by atoms with van der Waals surface area (Å²) in [5.41, 5.74) is 27.7. The van der Waals surface area contributed by atoms with Crippen molar-refractivity contribution in [2.24, 2.45) is 0 Å². The lowest BCUT2D eigenvalue weighted by atomic mass is 9.77. The Labute approximate surface area is 542 Å². The monoisotopic (exact) mass is 1200 g/mol. The quantitative estimate of drug-likeness (QED) is 0.134. The van der Waals surface area contributed by atoms with Crippen LogP contribution in [0.15, 0.2) is 314 Å². The van der Waals surface area contributed by atoms with Crippen molar-refractivity contribution in [3.63, 3.8) is 0 Å². The van der Waals surface area contributed by atoms with Crippen LogP contribution in [0.1, 0.15) is 63.1 Å². The van der Waals surface area contributed by atoms with Gasteiger partial charge < -0.3 is 9.32 Å². The molecule has 3 aliphatic carbocycles. The highest BCUT2D eigenvalue weighted by Gasteiger charge is 2.48. The van der Waals surface area contributed by atoms with Gasteiger partial charge in [-0.15, -0.1) is 11.3 Å². The van der Waals surface area contributed by atoms with Gasteiger partial charge >= 0.3 is 0 Å². The van der Waals surface area contributed by atoms with Gasteiger partial charge in [0.05, 0.1) is 0 Å². The van der Waals surface area contributed by atoms with E-state index < -0.39 is 0 Å². The highest BCUT2D eigenvalue weighted by atomic mass is 32.1. The first-order valence-electron chi connectivity index (χ1n) is 32.5. The second kappa shape index (κ2) is 20.3. The molecule has 0 spiro atoms. The SMILES string of the molecule is C=C1c2c(cccc2-c2cc3ccccc3c3c2C2CC2c2ccc(N(c4ccccc4)c4ccccc4)cc2-3)-c2cccc(C(c3ccccc3)c3ccc(-c4ccc5sc6cc7ccccc7cc6c5c4)c(-c4ccc5c(c4)oc4ccc6ccccc6c45)c3)c21. The van der Waals surface area contributed by atoms with Gasteiger partial charge in [0, 0.05) is 53.9 Å². The van der Waals surface area contributed by atoms with Crippen LogP contribution in [0.2, 0.25) is 0 Å². The molecule has 93 heavy (non-hydrogen) atoms. The molecule has 0 amide bonds. The zero-order valence-electron chi connectivity index (χ0n) is 50.8. The van der Waals surface area contributed by atoms with Crippen LogP contribution in [-0.4, -0.2) is 0 Å². The van der Waals surface area contributed by atoms with E-state index in [2.05, 4.69) is 308 Å². The molecule has 3 atom stereocenters. The minimum absolute atomic E-state index is 0.140.